The average Bonchev–Trinajstić information content (AvgIpc) is 3.52. The van der Waals surface area contributed by atoms with E-state index >= 15 is 0 Å². The molecule has 1 heterocycles. The molecule has 2 N–H and O–H groups in total. The average molecular weight is 498 g/mol. The molecule has 1 saturated carbocycles. The lowest BCUT2D eigenvalue weighted by molar-refractivity contribution is 0.197. The number of likely N-dealkylation sites (tertiary alicyclic amines) is 1. The maximum Gasteiger partial charge on any atom is 0.191 e. The summed E-state index contributed by atoms with van der Waals surface area (Å²) in [5.41, 5.74) is 1.71. The molecule has 3 rings (SSSR count). The molecule has 1 aliphatic carbocycles. The molecule has 0 atom stereocenters. The third kappa shape index (κ3) is 7.90. The number of aliphatic imine (C=N–C) groups is 1. The molecule has 1 aliphatic heterocycles. The summed E-state index contributed by atoms with van der Waals surface area (Å²) in [7, 11) is 1.89. The van der Waals surface area contributed by atoms with Crippen LogP contribution in [0.1, 0.15) is 57.9 Å². The van der Waals surface area contributed by atoms with Crippen molar-refractivity contribution in [1.82, 2.24) is 15.5 Å². The Hall–Kier alpha value is -0.820. The van der Waals surface area contributed by atoms with Crippen LogP contribution < -0.4 is 10.6 Å². The molecule has 1 aromatic carbocycles. The molecule has 1 aromatic rings. The van der Waals surface area contributed by atoms with Gasteiger partial charge in [0.25, 0.3) is 0 Å². The molecule has 5 heteroatoms. The van der Waals surface area contributed by atoms with E-state index in [1.165, 1.54) is 57.2 Å². The van der Waals surface area contributed by atoms with Crippen LogP contribution in [0.15, 0.2) is 35.3 Å². The number of piperidine rings is 1. The topological polar surface area (TPSA) is 39.7 Å². The van der Waals surface area contributed by atoms with Crippen LogP contribution in [-0.2, 0) is 6.42 Å². The first kappa shape index (κ1) is 23.5. The number of halogens is 1. The highest BCUT2D eigenvalue weighted by molar-refractivity contribution is 14.0. The van der Waals surface area contributed by atoms with Gasteiger partial charge in [0.15, 0.2) is 5.96 Å². The SMILES string of the molecule is CN=C(NCC(C)(C)CCCc1ccccc1)NC1CCN(C2CC2)CC1.I. The summed E-state index contributed by atoms with van der Waals surface area (Å²) in [4.78, 5) is 7.13. The first-order chi connectivity index (χ1) is 13.1. The van der Waals surface area contributed by atoms with Gasteiger partial charge in [0.2, 0.25) is 0 Å². The Morgan fingerprint density at radius 3 is 2.39 bits per heavy atom. The fourth-order valence-electron chi connectivity index (χ4n) is 4.06. The highest BCUT2D eigenvalue weighted by atomic mass is 127. The molecule has 2 aliphatic rings. The van der Waals surface area contributed by atoms with Gasteiger partial charge >= 0.3 is 0 Å². The summed E-state index contributed by atoms with van der Waals surface area (Å²) in [6, 6.07) is 12.3. The van der Waals surface area contributed by atoms with E-state index in [1.54, 1.807) is 0 Å². The van der Waals surface area contributed by atoms with E-state index in [-0.39, 0.29) is 29.4 Å². The van der Waals surface area contributed by atoms with Crippen LogP contribution >= 0.6 is 24.0 Å². The predicted molar refractivity (Wildman–Crippen MR) is 131 cm³/mol. The van der Waals surface area contributed by atoms with Gasteiger partial charge in [-0.25, -0.2) is 0 Å². The van der Waals surface area contributed by atoms with E-state index in [4.69, 9.17) is 0 Å². The standard InChI is InChI=1S/C23H38N4.HI/c1-23(2,15-7-10-19-8-5-4-6-9-19)18-25-22(24-3)26-20-13-16-27(17-14-20)21-11-12-21;/h4-6,8-9,20-21H,7,10-18H2,1-3H3,(H2,24,25,26);1H. The zero-order valence-corrected chi connectivity index (χ0v) is 20.2. The summed E-state index contributed by atoms with van der Waals surface area (Å²) in [6.07, 6.45) is 8.91. The Bertz CT molecular complexity index is 590. The Labute approximate surface area is 189 Å². The van der Waals surface area contributed by atoms with Gasteiger partial charge in [-0.05, 0) is 55.9 Å². The lowest BCUT2D eigenvalue weighted by Crippen LogP contribution is -2.50. The van der Waals surface area contributed by atoms with Crippen LogP contribution in [0, 0.1) is 5.41 Å². The van der Waals surface area contributed by atoms with Crippen molar-refractivity contribution in [2.75, 3.05) is 26.7 Å². The van der Waals surface area contributed by atoms with Gasteiger partial charge in [0.05, 0.1) is 0 Å². The summed E-state index contributed by atoms with van der Waals surface area (Å²) >= 11 is 0. The number of nitrogens with one attached hydrogen (secondary N) is 2. The van der Waals surface area contributed by atoms with Crippen LogP contribution in [0.3, 0.4) is 0 Å². The van der Waals surface area contributed by atoms with Crippen molar-refractivity contribution in [3.05, 3.63) is 35.9 Å². The largest absolute Gasteiger partial charge is 0.356 e. The molecular formula is C23H39IN4. The minimum absolute atomic E-state index is 0. The Morgan fingerprint density at radius 1 is 1.11 bits per heavy atom. The van der Waals surface area contributed by atoms with Crippen molar-refractivity contribution in [2.45, 2.75) is 70.9 Å². The normalized spacial score (nSPS) is 19.2. The number of hydrogen-bond donors (Lipinski definition) is 2. The Balaban J connectivity index is 0.00000280. The summed E-state index contributed by atoms with van der Waals surface area (Å²) in [5, 5.41) is 7.23. The molecule has 1 saturated heterocycles. The van der Waals surface area contributed by atoms with Crippen LogP contribution in [0.2, 0.25) is 0 Å². The minimum Gasteiger partial charge on any atom is -0.356 e. The Morgan fingerprint density at radius 2 is 1.79 bits per heavy atom. The van der Waals surface area contributed by atoms with Crippen molar-refractivity contribution in [1.29, 1.82) is 0 Å². The molecule has 0 spiro atoms. The van der Waals surface area contributed by atoms with E-state index in [0.717, 1.165) is 25.0 Å². The summed E-state index contributed by atoms with van der Waals surface area (Å²) in [6.45, 7) is 8.15. The summed E-state index contributed by atoms with van der Waals surface area (Å²) < 4.78 is 0. The molecule has 0 unspecified atom stereocenters. The molecule has 0 aromatic heterocycles. The lowest BCUT2D eigenvalue weighted by atomic mass is 9.86. The minimum atomic E-state index is 0. The number of aryl methyl sites for hydroxylation is 1. The maximum atomic E-state index is 4.46. The van der Waals surface area contributed by atoms with Gasteiger partial charge in [-0.2, -0.15) is 0 Å². The number of guanidine groups is 1. The van der Waals surface area contributed by atoms with Crippen molar-refractivity contribution < 1.29 is 0 Å². The third-order valence-electron chi connectivity index (χ3n) is 6.05. The smallest absolute Gasteiger partial charge is 0.191 e. The van der Waals surface area contributed by atoms with Gasteiger partial charge in [0, 0.05) is 38.8 Å². The second-order valence-electron chi connectivity index (χ2n) is 9.11. The molecule has 28 heavy (non-hydrogen) atoms. The molecule has 2 fully saturated rings. The number of hydrogen-bond acceptors (Lipinski definition) is 2. The first-order valence-corrected chi connectivity index (χ1v) is 10.8. The first-order valence-electron chi connectivity index (χ1n) is 10.8. The molecule has 0 radical (unpaired) electrons. The zero-order chi connectivity index (χ0) is 19.1. The van der Waals surface area contributed by atoms with Gasteiger partial charge in [-0.15, -0.1) is 24.0 Å². The van der Waals surface area contributed by atoms with Gasteiger partial charge in [-0.3, -0.25) is 4.99 Å². The predicted octanol–water partition coefficient (Wildman–Crippen LogP) is 4.45. The number of benzene rings is 1. The van der Waals surface area contributed by atoms with Crippen molar-refractivity contribution >= 4 is 29.9 Å². The van der Waals surface area contributed by atoms with Gasteiger partial charge in [0.1, 0.15) is 0 Å². The van der Waals surface area contributed by atoms with E-state index in [9.17, 15) is 0 Å². The van der Waals surface area contributed by atoms with Crippen molar-refractivity contribution in [3.8, 4) is 0 Å². The molecule has 0 amide bonds. The quantitative estimate of drug-likeness (QED) is 0.316. The second-order valence-corrected chi connectivity index (χ2v) is 9.11. The van der Waals surface area contributed by atoms with E-state index < -0.39 is 0 Å². The van der Waals surface area contributed by atoms with Crippen LogP contribution in [-0.4, -0.2) is 49.6 Å². The number of nitrogens with zero attached hydrogens (tertiary/aromatic N) is 2. The monoisotopic (exact) mass is 498 g/mol. The highest BCUT2D eigenvalue weighted by Gasteiger charge is 2.32. The molecule has 0 bridgehead atoms. The van der Waals surface area contributed by atoms with Crippen LogP contribution in [0.5, 0.6) is 0 Å². The van der Waals surface area contributed by atoms with E-state index in [2.05, 4.69) is 64.7 Å². The fourth-order valence-corrected chi connectivity index (χ4v) is 4.06. The highest BCUT2D eigenvalue weighted by Crippen LogP contribution is 2.29. The van der Waals surface area contributed by atoms with Crippen molar-refractivity contribution in [3.63, 3.8) is 0 Å². The van der Waals surface area contributed by atoms with Gasteiger partial charge < -0.3 is 15.5 Å². The van der Waals surface area contributed by atoms with E-state index in [0.29, 0.717) is 6.04 Å². The zero-order valence-electron chi connectivity index (χ0n) is 17.9. The lowest BCUT2D eigenvalue weighted by Gasteiger charge is -2.33. The van der Waals surface area contributed by atoms with Crippen molar-refractivity contribution in [2.24, 2.45) is 10.4 Å². The van der Waals surface area contributed by atoms with Gasteiger partial charge in [-0.1, -0.05) is 44.2 Å². The third-order valence-corrected chi connectivity index (χ3v) is 6.05. The van der Waals surface area contributed by atoms with E-state index in [1.807, 2.05) is 7.05 Å². The summed E-state index contributed by atoms with van der Waals surface area (Å²) in [5.74, 6) is 0.969. The molecular weight excluding hydrogens is 459 g/mol. The number of rotatable bonds is 8. The molecule has 158 valence electrons. The van der Waals surface area contributed by atoms with Crippen LogP contribution in [0.4, 0.5) is 0 Å². The Kier molecular flexibility index (Phi) is 9.54. The molecule has 4 nitrogen and oxygen atoms in total. The second kappa shape index (κ2) is 11.4. The maximum absolute atomic E-state index is 4.46. The van der Waals surface area contributed by atoms with Crippen LogP contribution in [0.25, 0.3) is 0 Å². The fraction of sp³-hybridized carbons (Fsp3) is 0.696.